The summed E-state index contributed by atoms with van der Waals surface area (Å²) >= 11 is 0. The number of allylic oxidation sites excluding steroid dienone is 2. The number of para-hydroxylation sites is 2. The Morgan fingerprint density at radius 2 is 1.41 bits per heavy atom. The third-order valence-electron chi connectivity index (χ3n) is 8.85. The number of hydrogen-bond donors (Lipinski definition) is 0. The van der Waals surface area contributed by atoms with Crippen LogP contribution < -0.4 is 9.80 Å². The maximum atomic E-state index is 5.39. The molecule has 0 radical (unpaired) electrons. The lowest BCUT2D eigenvalue weighted by atomic mass is 9.73. The van der Waals surface area contributed by atoms with Gasteiger partial charge in [-0.3, -0.25) is 9.88 Å². The van der Waals surface area contributed by atoms with Crippen molar-refractivity contribution in [3.8, 4) is 11.3 Å². The minimum Gasteiger partial charge on any atom is -0.318 e. The number of pyridine rings is 2. The number of fused-ring (bicyclic) bond motifs is 5. The second-order valence-electron chi connectivity index (χ2n) is 11.5. The van der Waals surface area contributed by atoms with Gasteiger partial charge in [-0.25, -0.2) is 4.98 Å². The first-order valence-corrected chi connectivity index (χ1v) is 14.3. The van der Waals surface area contributed by atoms with E-state index in [1.165, 1.54) is 22.4 Å². The molecule has 0 saturated heterocycles. The molecule has 4 heterocycles. The minimum absolute atomic E-state index is 0.164. The fraction of sp³-hybridized carbons (Fsp3) is 0.135. The van der Waals surface area contributed by atoms with Gasteiger partial charge in [0.2, 0.25) is 0 Å². The van der Waals surface area contributed by atoms with Crippen LogP contribution in [0.1, 0.15) is 36.5 Å². The van der Waals surface area contributed by atoms with Gasteiger partial charge in [0.1, 0.15) is 11.6 Å². The van der Waals surface area contributed by atoms with E-state index in [4.69, 9.17) is 4.98 Å². The molecule has 0 N–H and O–H groups in total. The molecule has 5 aromatic rings. The average molecular weight is 531 g/mol. The molecule has 1 aliphatic carbocycles. The van der Waals surface area contributed by atoms with E-state index in [2.05, 4.69) is 144 Å². The molecule has 4 heteroatoms. The highest BCUT2D eigenvalue weighted by Gasteiger charge is 2.40. The highest BCUT2D eigenvalue weighted by molar-refractivity contribution is 5.87. The zero-order chi connectivity index (χ0) is 27.6. The van der Waals surface area contributed by atoms with Crippen molar-refractivity contribution >= 4 is 28.7 Å². The van der Waals surface area contributed by atoms with Crippen molar-refractivity contribution in [1.82, 2.24) is 9.97 Å². The van der Waals surface area contributed by atoms with Crippen molar-refractivity contribution in [2.75, 3.05) is 9.80 Å². The van der Waals surface area contributed by atoms with Crippen LogP contribution in [-0.4, -0.2) is 16.0 Å². The normalized spacial score (nSPS) is 19.4. The lowest BCUT2D eigenvalue weighted by Gasteiger charge is -2.42. The molecule has 0 amide bonds. The van der Waals surface area contributed by atoms with Gasteiger partial charge in [-0.2, -0.15) is 0 Å². The van der Waals surface area contributed by atoms with Crippen LogP contribution in [0, 0.1) is 0 Å². The molecule has 198 valence electrons. The average Bonchev–Trinajstić information content (AvgIpc) is 3.36. The summed E-state index contributed by atoms with van der Waals surface area (Å²) in [4.78, 5) is 14.8. The molecule has 2 aliphatic heterocycles. The first-order chi connectivity index (χ1) is 20.1. The molecule has 0 fully saturated rings. The Bertz CT molecular complexity index is 1850. The fourth-order valence-corrected chi connectivity index (χ4v) is 6.88. The number of benzene rings is 3. The van der Waals surface area contributed by atoms with Crippen molar-refractivity contribution in [1.29, 1.82) is 0 Å². The van der Waals surface area contributed by atoms with E-state index in [9.17, 15) is 0 Å². The molecule has 2 unspecified atom stereocenters. The molecular formula is C37H30N4. The molecule has 2 atom stereocenters. The summed E-state index contributed by atoms with van der Waals surface area (Å²) in [6.45, 7) is 4.63. The zero-order valence-electron chi connectivity index (χ0n) is 23.1. The minimum atomic E-state index is -0.164. The first-order valence-electron chi connectivity index (χ1n) is 14.3. The Morgan fingerprint density at radius 3 is 2.29 bits per heavy atom. The van der Waals surface area contributed by atoms with E-state index in [1.807, 2.05) is 18.3 Å². The summed E-state index contributed by atoms with van der Waals surface area (Å²) in [5.74, 6) is 2.17. The third kappa shape index (κ3) is 3.60. The molecule has 2 aromatic heterocycles. The predicted molar refractivity (Wildman–Crippen MR) is 168 cm³/mol. The molecule has 3 aliphatic rings. The second-order valence-corrected chi connectivity index (χ2v) is 11.5. The van der Waals surface area contributed by atoms with Gasteiger partial charge >= 0.3 is 0 Å². The van der Waals surface area contributed by atoms with Crippen LogP contribution in [0.25, 0.3) is 11.3 Å². The Balaban J connectivity index is 1.31. The van der Waals surface area contributed by atoms with Crippen molar-refractivity contribution in [2.45, 2.75) is 31.2 Å². The van der Waals surface area contributed by atoms with Crippen molar-refractivity contribution < 1.29 is 0 Å². The molecule has 4 nitrogen and oxygen atoms in total. The standard InChI is InChI=1S/C37H30N4/c1-37(2)28-14-5-8-18-33(28)41(34-24-25(21-22-29(34)37)30-15-9-10-23-38-30)36-20-11-19-35(39-36)40-31-16-6-3-12-26(31)27-13-4-7-17-32(27)40/h3-24,26,31H,1-2H3. The number of nitrogens with zero attached hydrogens (tertiary/aromatic N) is 4. The first kappa shape index (κ1) is 23.9. The van der Waals surface area contributed by atoms with E-state index in [-0.39, 0.29) is 11.5 Å². The second kappa shape index (κ2) is 9.03. The zero-order valence-corrected chi connectivity index (χ0v) is 23.1. The van der Waals surface area contributed by atoms with Crippen LogP contribution in [-0.2, 0) is 5.41 Å². The monoisotopic (exact) mass is 530 g/mol. The van der Waals surface area contributed by atoms with Gasteiger partial charge in [0.15, 0.2) is 0 Å². The van der Waals surface area contributed by atoms with Gasteiger partial charge in [-0.1, -0.05) is 98.8 Å². The van der Waals surface area contributed by atoms with Crippen LogP contribution in [0.15, 0.2) is 134 Å². The lowest BCUT2D eigenvalue weighted by Crippen LogP contribution is -2.32. The largest absolute Gasteiger partial charge is 0.318 e. The molecule has 41 heavy (non-hydrogen) atoms. The SMILES string of the molecule is CC1(C)c2ccccc2N(c2cccc(N3c4ccccc4C4C=CC=CC43)n2)c2cc(-c3ccccn3)ccc21. The lowest BCUT2D eigenvalue weighted by molar-refractivity contribution is 0.631. The van der Waals surface area contributed by atoms with E-state index in [0.29, 0.717) is 5.92 Å². The molecule has 0 saturated carbocycles. The Kier molecular flexibility index (Phi) is 5.26. The fourth-order valence-electron chi connectivity index (χ4n) is 6.88. The van der Waals surface area contributed by atoms with Crippen molar-refractivity contribution in [3.63, 3.8) is 0 Å². The maximum Gasteiger partial charge on any atom is 0.140 e. The van der Waals surface area contributed by atoms with Crippen LogP contribution in [0.3, 0.4) is 0 Å². The summed E-state index contributed by atoms with van der Waals surface area (Å²) in [6, 6.07) is 36.9. The third-order valence-corrected chi connectivity index (χ3v) is 8.85. The van der Waals surface area contributed by atoms with Crippen LogP contribution in [0.2, 0.25) is 0 Å². The van der Waals surface area contributed by atoms with Crippen LogP contribution in [0.5, 0.6) is 0 Å². The van der Waals surface area contributed by atoms with Gasteiger partial charge in [-0.15, -0.1) is 0 Å². The smallest absolute Gasteiger partial charge is 0.140 e. The van der Waals surface area contributed by atoms with Gasteiger partial charge in [0.25, 0.3) is 0 Å². The quantitative estimate of drug-likeness (QED) is 0.233. The topological polar surface area (TPSA) is 32.3 Å². The highest BCUT2D eigenvalue weighted by atomic mass is 15.3. The van der Waals surface area contributed by atoms with Gasteiger partial charge < -0.3 is 4.90 Å². The van der Waals surface area contributed by atoms with Crippen LogP contribution >= 0.6 is 0 Å². The summed E-state index contributed by atoms with van der Waals surface area (Å²) in [5, 5.41) is 0. The molecule has 0 bridgehead atoms. The van der Waals surface area contributed by atoms with E-state index in [1.54, 1.807) is 0 Å². The Labute approximate surface area is 241 Å². The van der Waals surface area contributed by atoms with E-state index >= 15 is 0 Å². The van der Waals surface area contributed by atoms with E-state index < -0.39 is 0 Å². The molecule has 3 aromatic carbocycles. The Morgan fingerprint density at radius 1 is 0.659 bits per heavy atom. The predicted octanol–water partition coefficient (Wildman–Crippen LogP) is 8.98. The maximum absolute atomic E-state index is 5.39. The highest BCUT2D eigenvalue weighted by Crippen LogP contribution is 2.53. The molecular weight excluding hydrogens is 500 g/mol. The van der Waals surface area contributed by atoms with Gasteiger partial charge in [0.05, 0.1) is 23.1 Å². The molecule has 8 rings (SSSR count). The van der Waals surface area contributed by atoms with Crippen LogP contribution in [0.4, 0.5) is 28.7 Å². The molecule has 0 spiro atoms. The summed E-state index contributed by atoms with van der Waals surface area (Å²) < 4.78 is 0. The van der Waals surface area contributed by atoms with Crippen molar-refractivity contribution in [3.05, 3.63) is 150 Å². The van der Waals surface area contributed by atoms with E-state index in [0.717, 1.165) is 34.3 Å². The number of hydrogen-bond acceptors (Lipinski definition) is 4. The number of aromatic nitrogens is 2. The van der Waals surface area contributed by atoms with Gasteiger partial charge in [0, 0.05) is 28.8 Å². The summed E-state index contributed by atoms with van der Waals surface area (Å²) in [7, 11) is 0. The summed E-state index contributed by atoms with van der Waals surface area (Å²) in [5.41, 5.74) is 9.33. The number of rotatable bonds is 3. The number of anilines is 5. The van der Waals surface area contributed by atoms with Gasteiger partial charge in [-0.05, 0) is 59.2 Å². The Hall–Kier alpha value is -4.96. The van der Waals surface area contributed by atoms with Crippen molar-refractivity contribution in [2.24, 2.45) is 0 Å². The summed E-state index contributed by atoms with van der Waals surface area (Å²) in [6.07, 6.45) is 10.8.